The highest BCUT2D eigenvalue weighted by molar-refractivity contribution is 5.95. The lowest BCUT2D eigenvalue weighted by Crippen LogP contribution is -2.41. The molecule has 5 heteroatoms. The summed E-state index contributed by atoms with van der Waals surface area (Å²) in [5.41, 5.74) is 1.35. The number of carbonyl (C=O) groups is 1. The molecule has 1 saturated heterocycles. The van der Waals surface area contributed by atoms with Crippen LogP contribution in [0.25, 0.3) is 0 Å². The van der Waals surface area contributed by atoms with Crippen LogP contribution >= 0.6 is 0 Å². The molecule has 1 aliphatic heterocycles. The van der Waals surface area contributed by atoms with Crippen molar-refractivity contribution in [1.29, 1.82) is 0 Å². The van der Waals surface area contributed by atoms with Gasteiger partial charge in [-0.2, -0.15) is 0 Å². The van der Waals surface area contributed by atoms with Crippen molar-refractivity contribution in [1.82, 2.24) is 4.90 Å². The molecule has 20 heavy (non-hydrogen) atoms. The molecule has 0 aliphatic carbocycles. The lowest BCUT2D eigenvalue weighted by molar-refractivity contribution is -0.120. The molecule has 0 aromatic heterocycles. The van der Waals surface area contributed by atoms with Gasteiger partial charge in [-0.25, -0.2) is 4.39 Å². The Morgan fingerprint density at radius 1 is 1.60 bits per heavy atom. The number of aliphatic hydroxyl groups excluding tert-OH is 1. The molecule has 2 atom stereocenters. The number of rotatable bonds is 4. The van der Waals surface area contributed by atoms with Crippen molar-refractivity contribution in [2.75, 3.05) is 25.0 Å². The number of nitrogens with zero attached hydrogens (tertiary/aromatic N) is 1. The predicted octanol–water partition coefficient (Wildman–Crippen LogP) is 1.78. The second-order valence-corrected chi connectivity index (χ2v) is 5.46. The van der Waals surface area contributed by atoms with Gasteiger partial charge in [0.05, 0.1) is 6.04 Å². The Balaban J connectivity index is 1.99. The number of nitrogens with one attached hydrogen (secondary N) is 1. The summed E-state index contributed by atoms with van der Waals surface area (Å²) in [5, 5.41) is 11.9. The molecule has 1 aromatic rings. The van der Waals surface area contributed by atoms with Crippen LogP contribution in [0.5, 0.6) is 0 Å². The van der Waals surface area contributed by atoms with Gasteiger partial charge in [0, 0.05) is 18.8 Å². The molecule has 1 aliphatic rings. The highest BCUT2D eigenvalue weighted by Crippen LogP contribution is 2.20. The summed E-state index contributed by atoms with van der Waals surface area (Å²) in [6, 6.07) is 4.07. The van der Waals surface area contributed by atoms with Crippen molar-refractivity contribution in [2.24, 2.45) is 5.92 Å². The van der Waals surface area contributed by atoms with Crippen LogP contribution in [0.1, 0.15) is 18.9 Å². The summed E-state index contributed by atoms with van der Waals surface area (Å²) in [5.74, 6) is -0.251. The number of benzene rings is 1. The lowest BCUT2D eigenvalue weighted by Gasteiger charge is -2.23. The summed E-state index contributed by atoms with van der Waals surface area (Å²) in [4.78, 5) is 14.3. The highest BCUT2D eigenvalue weighted by Gasteiger charge is 2.29. The predicted molar refractivity (Wildman–Crippen MR) is 76.0 cm³/mol. The molecular weight excluding hydrogens is 259 g/mol. The van der Waals surface area contributed by atoms with Gasteiger partial charge in [0.15, 0.2) is 0 Å². The molecule has 2 unspecified atom stereocenters. The fourth-order valence-corrected chi connectivity index (χ4v) is 2.50. The van der Waals surface area contributed by atoms with E-state index in [9.17, 15) is 9.18 Å². The minimum Gasteiger partial charge on any atom is -0.396 e. The maximum atomic E-state index is 13.2. The van der Waals surface area contributed by atoms with E-state index < -0.39 is 0 Å². The number of hydrogen-bond donors (Lipinski definition) is 2. The first-order valence-corrected chi connectivity index (χ1v) is 6.93. The summed E-state index contributed by atoms with van der Waals surface area (Å²) in [7, 11) is 0. The van der Waals surface area contributed by atoms with E-state index in [4.69, 9.17) is 5.11 Å². The van der Waals surface area contributed by atoms with E-state index in [1.54, 1.807) is 6.07 Å². The van der Waals surface area contributed by atoms with E-state index in [0.717, 1.165) is 25.1 Å². The Morgan fingerprint density at radius 3 is 3.00 bits per heavy atom. The van der Waals surface area contributed by atoms with Gasteiger partial charge in [0.1, 0.15) is 5.82 Å². The molecule has 4 nitrogen and oxygen atoms in total. The van der Waals surface area contributed by atoms with Gasteiger partial charge in [0.25, 0.3) is 0 Å². The quantitative estimate of drug-likeness (QED) is 0.884. The first-order valence-electron chi connectivity index (χ1n) is 6.93. The number of amides is 1. The average Bonchev–Trinajstić information content (AvgIpc) is 2.90. The van der Waals surface area contributed by atoms with Crippen LogP contribution in [0.4, 0.5) is 10.1 Å². The molecule has 0 saturated carbocycles. The van der Waals surface area contributed by atoms with E-state index in [1.807, 2.05) is 18.7 Å². The maximum absolute atomic E-state index is 13.2. The third-order valence-electron chi connectivity index (χ3n) is 3.96. The van der Waals surface area contributed by atoms with Gasteiger partial charge >= 0.3 is 0 Å². The first-order chi connectivity index (χ1) is 9.51. The summed E-state index contributed by atoms with van der Waals surface area (Å²) in [6.07, 6.45) is 0.910. The fourth-order valence-electron chi connectivity index (χ4n) is 2.50. The second kappa shape index (κ2) is 6.33. The lowest BCUT2D eigenvalue weighted by atomic mass is 10.1. The van der Waals surface area contributed by atoms with Gasteiger partial charge in [-0.05, 0) is 50.4 Å². The molecule has 0 bridgehead atoms. The standard InChI is InChI=1S/C15H21FN2O2/c1-10-3-4-13(16)7-14(10)17-15(20)11(2)18-6-5-12(8-18)9-19/h3-4,7,11-12,19H,5-6,8-9H2,1-2H3,(H,17,20). The molecule has 0 spiro atoms. The number of carbonyl (C=O) groups excluding carboxylic acids is 1. The highest BCUT2D eigenvalue weighted by atomic mass is 19.1. The fraction of sp³-hybridized carbons (Fsp3) is 0.533. The topological polar surface area (TPSA) is 52.6 Å². The van der Waals surface area contributed by atoms with Gasteiger partial charge in [-0.15, -0.1) is 0 Å². The van der Waals surface area contributed by atoms with Crippen molar-refractivity contribution in [2.45, 2.75) is 26.3 Å². The summed E-state index contributed by atoms with van der Waals surface area (Å²) >= 11 is 0. The summed E-state index contributed by atoms with van der Waals surface area (Å²) < 4.78 is 13.2. The van der Waals surface area contributed by atoms with E-state index in [1.165, 1.54) is 12.1 Å². The van der Waals surface area contributed by atoms with Gasteiger partial charge in [-0.1, -0.05) is 6.07 Å². The maximum Gasteiger partial charge on any atom is 0.241 e. The van der Waals surface area contributed by atoms with Crippen molar-refractivity contribution in [3.05, 3.63) is 29.6 Å². The monoisotopic (exact) mass is 280 g/mol. The second-order valence-electron chi connectivity index (χ2n) is 5.46. The normalized spacial score (nSPS) is 20.9. The molecule has 1 fully saturated rings. The van der Waals surface area contributed by atoms with Gasteiger partial charge in [-0.3, -0.25) is 9.69 Å². The molecule has 1 heterocycles. The van der Waals surface area contributed by atoms with Gasteiger partial charge < -0.3 is 10.4 Å². The van der Waals surface area contributed by atoms with Crippen LogP contribution in [0.15, 0.2) is 18.2 Å². The third kappa shape index (κ3) is 3.35. The number of likely N-dealkylation sites (tertiary alicyclic amines) is 1. The average molecular weight is 280 g/mol. The largest absolute Gasteiger partial charge is 0.396 e. The molecule has 0 radical (unpaired) electrons. The Morgan fingerprint density at radius 2 is 2.35 bits per heavy atom. The van der Waals surface area contributed by atoms with Crippen molar-refractivity contribution in [3.8, 4) is 0 Å². The van der Waals surface area contributed by atoms with E-state index in [-0.39, 0.29) is 30.3 Å². The Bertz CT molecular complexity index is 493. The first kappa shape index (κ1) is 14.9. The number of halogens is 1. The summed E-state index contributed by atoms with van der Waals surface area (Å²) in [6.45, 7) is 5.37. The zero-order valence-corrected chi connectivity index (χ0v) is 11.9. The zero-order valence-electron chi connectivity index (χ0n) is 11.9. The Labute approximate surface area is 118 Å². The third-order valence-corrected chi connectivity index (χ3v) is 3.96. The number of anilines is 1. The number of hydrogen-bond acceptors (Lipinski definition) is 3. The van der Waals surface area contributed by atoms with Crippen LogP contribution in [0.3, 0.4) is 0 Å². The SMILES string of the molecule is Cc1ccc(F)cc1NC(=O)C(C)N1CCC(CO)C1. The van der Waals surface area contributed by atoms with Crippen molar-refractivity contribution >= 4 is 11.6 Å². The van der Waals surface area contributed by atoms with Crippen molar-refractivity contribution in [3.63, 3.8) is 0 Å². The van der Waals surface area contributed by atoms with Crippen LogP contribution in [-0.4, -0.2) is 41.7 Å². The zero-order chi connectivity index (χ0) is 14.7. The van der Waals surface area contributed by atoms with Crippen LogP contribution in [0, 0.1) is 18.7 Å². The van der Waals surface area contributed by atoms with Crippen LogP contribution in [-0.2, 0) is 4.79 Å². The van der Waals surface area contributed by atoms with Gasteiger partial charge in [0.2, 0.25) is 5.91 Å². The van der Waals surface area contributed by atoms with E-state index >= 15 is 0 Å². The number of aryl methyl sites for hydroxylation is 1. The molecule has 110 valence electrons. The molecule has 1 amide bonds. The molecule has 1 aromatic carbocycles. The van der Waals surface area contributed by atoms with E-state index in [2.05, 4.69) is 5.32 Å². The van der Waals surface area contributed by atoms with Crippen LogP contribution < -0.4 is 5.32 Å². The van der Waals surface area contributed by atoms with E-state index in [0.29, 0.717) is 5.69 Å². The molecule has 2 rings (SSSR count). The Hall–Kier alpha value is -1.46. The van der Waals surface area contributed by atoms with Crippen LogP contribution in [0.2, 0.25) is 0 Å². The van der Waals surface area contributed by atoms with Crippen molar-refractivity contribution < 1.29 is 14.3 Å². The smallest absolute Gasteiger partial charge is 0.241 e. The molecule has 2 N–H and O–H groups in total. The number of aliphatic hydroxyl groups is 1. The molecular formula is C15H21FN2O2. The minimum atomic E-state index is -0.361. The Kier molecular flexibility index (Phi) is 4.73. The minimum absolute atomic E-state index is 0.141.